The van der Waals surface area contributed by atoms with Crippen molar-refractivity contribution >= 4 is 0 Å². The van der Waals surface area contributed by atoms with Crippen LogP contribution in [0.4, 0.5) is 0 Å². The van der Waals surface area contributed by atoms with Crippen LogP contribution in [-0.2, 0) is 24.1 Å². The SMILES string of the molecule is OCC1CCn2cc(CC3CCCO3)nc2C1. The van der Waals surface area contributed by atoms with E-state index in [2.05, 4.69) is 15.7 Å². The van der Waals surface area contributed by atoms with Crippen LogP contribution in [-0.4, -0.2) is 34.0 Å². The molecule has 1 aromatic heterocycles. The number of aliphatic hydroxyl groups is 1. The van der Waals surface area contributed by atoms with Crippen molar-refractivity contribution in [1.82, 2.24) is 9.55 Å². The molecule has 4 heteroatoms. The molecule has 3 rings (SSSR count). The maximum Gasteiger partial charge on any atom is 0.109 e. The third-order valence-corrected chi connectivity index (χ3v) is 3.88. The van der Waals surface area contributed by atoms with Crippen LogP contribution in [0.1, 0.15) is 30.8 Å². The molecule has 3 heterocycles. The number of aryl methyl sites for hydroxylation is 1. The van der Waals surface area contributed by atoms with Crippen LogP contribution < -0.4 is 0 Å². The first-order valence-electron chi connectivity index (χ1n) is 6.62. The molecule has 2 unspecified atom stereocenters. The Labute approximate surface area is 102 Å². The van der Waals surface area contributed by atoms with Crippen molar-refractivity contribution in [3.05, 3.63) is 17.7 Å². The molecule has 0 amide bonds. The topological polar surface area (TPSA) is 47.3 Å². The highest BCUT2D eigenvalue weighted by Gasteiger charge is 2.22. The second-order valence-electron chi connectivity index (χ2n) is 5.22. The van der Waals surface area contributed by atoms with Crippen molar-refractivity contribution in [2.45, 2.75) is 44.8 Å². The van der Waals surface area contributed by atoms with Gasteiger partial charge < -0.3 is 14.4 Å². The Morgan fingerprint density at radius 2 is 2.41 bits per heavy atom. The molecule has 2 atom stereocenters. The fraction of sp³-hybridized carbons (Fsp3) is 0.769. The number of hydrogen-bond acceptors (Lipinski definition) is 3. The summed E-state index contributed by atoms with van der Waals surface area (Å²) in [4.78, 5) is 4.68. The zero-order valence-corrected chi connectivity index (χ0v) is 10.1. The number of hydrogen-bond donors (Lipinski definition) is 1. The molecule has 1 saturated heterocycles. The molecule has 0 aliphatic carbocycles. The smallest absolute Gasteiger partial charge is 0.109 e. The minimum atomic E-state index is 0.286. The van der Waals surface area contributed by atoms with Crippen molar-refractivity contribution < 1.29 is 9.84 Å². The Balaban J connectivity index is 1.69. The van der Waals surface area contributed by atoms with Crippen LogP contribution in [0.15, 0.2) is 6.20 Å². The first kappa shape index (κ1) is 11.2. The maximum absolute atomic E-state index is 9.20. The molecule has 0 saturated carbocycles. The Hall–Kier alpha value is -0.870. The highest BCUT2D eigenvalue weighted by molar-refractivity contribution is 5.08. The molecule has 17 heavy (non-hydrogen) atoms. The van der Waals surface area contributed by atoms with Crippen LogP contribution in [0.2, 0.25) is 0 Å². The van der Waals surface area contributed by atoms with Gasteiger partial charge in [0.25, 0.3) is 0 Å². The van der Waals surface area contributed by atoms with Crippen molar-refractivity contribution in [3.63, 3.8) is 0 Å². The van der Waals surface area contributed by atoms with Gasteiger partial charge in [0, 0.05) is 38.8 Å². The molecule has 4 nitrogen and oxygen atoms in total. The lowest BCUT2D eigenvalue weighted by atomic mass is 9.99. The Bertz CT molecular complexity index is 383. The van der Waals surface area contributed by atoms with Crippen LogP contribution in [0.25, 0.3) is 0 Å². The van der Waals surface area contributed by atoms with Crippen LogP contribution >= 0.6 is 0 Å². The van der Waals surface area contributed by atoms with Gasteiger partial charge in [0.2, 0.25) is 0 Å². The largest absolute Gasteiger partial charge is 0.396 e. The molecule has 2 aliphatic heterocycles. The zero-order valence-electron chi connectivity index (χ0n) is 10.1. The first-order valence-corrected chi connectivity index (χ1v) is 6.62. The zero-order chi connectivity index (χ0) is 11.7. The van der Waals surface area contributed by atoms with Crippen molar-refractivity contribution in [3.8, 4) is 0 Å². The van der Waals surface area contributed by atoms with Gasteiger partial charge in [-0.05, 0) is 25.2 Å². The highest BCUT2D eigenvalue weighted by Crippen LogP contribution is 2.22. The molecule has 0 spiro atoms. The first-order chi connectivity index (χ1) is 8.35. The summed E-state index contributed by atoms with van der Waals surface area (Å²) < 4.78 is 7.89. The van der Waals surface area contributed by atoms with Crippen LogP contribution in [0.3, 0.4) is 0 Å². The number of imidazole rings is 1. The third-order valence-electron chi connectivity index (χ3n) is 3.88. The molecule has 0 aromatic carbocycles. The molecule has 2 aliphatic rings. The van der Waals surface area contributed by atoms with Gasteiger partial charge >= 0.3 is 0 Å². The van der Waals surface area contributed by atoms with E-state index in [1.165, 1.54) is 12.8 Å². The standard InChI is InChI=1S/C13H20N2O2/c16-9-10-3-4-15-8-11(14-13(15)6-10)7-12-2-1-5-17-12/h8,10,12,16H,1-7,9H2. The Kier molecular flexibility index (Phi) is 3.16. The number of nitrogens with zero attached hydrogens (tertiary/aromatic N) is 2. The van der Waals surface area contributed by atoms with Crippen LogP contribution in [0, 0.1) is 5.92 Å². The van der Waals surface area contributed by atoms with Gasteiger partial charge in [-0.1, -0.05) is 0 Å². The monoisotopic (exact) mass is 236 g/mol. The predicted molar refractivity (Wildman–Crippen MR) is 63.8 cm³/mol. The fourth-order valence-corrected chi connectivity index (χ4v) is 2.84. The summed E-state index contributed by atoms with van der Waals surface area (Å²) in [5.41, 5.74) is 1.16. The summed E-state index contributed by atoms with van der Waals surface area (Å²) in [6.45, 7) is 2.19. The summed E-state index contributed by atoms with van der Waals surface area (Å²) in [5, 5.41) is 9.20. The number of fused-ring (bicyclic) bond motifs is 1. The summed E-state index contributed by atoms with van der Waals surface area (Å²) in [6, 6.07) is 0. The minimum absolute atomic E-state index is 0.286. The van der Waals surface area contributed by atoms with E-state index in [1.54, 1.807) is 0 Å². The minimum Gasteiger partial charge on any atom is -0.396 e. The van der Waals surface area contributed by atoms with E-state index in [4.69, 9.17) is 4.74 Å². The van der Waals surface area contributed by atoms with Gasteiger partial charge in [-0.2, -0.15) is 0 Å². The van der Waals surface area contributed by atoms with E-state index >= 15 is 0 Å². The number of ether oxygens (including phenoxy) is 1. The molecule has 1 N–H and O–H groups in total. The predicted octanol–water partition coefficient (Wildman–Crippen LogP) is 1.16. The van der Waals surface area contributed by atoms with Gasteiger partial charge in [-0.25, -0.2) is 4.98 Å². The van der Waals surface area contributed by atoms with Crippen molar-refractivity contribution in [2.75, 3.05) is 13.2 Å². The second-order valence-corrected chi connectivity index (χ2v) is 5.22. The quantitative estimate of drug-likeness (QED) is 0.856. The van der Waals surface area contributed by atoms with Gasteiger partial charge in [0.05, 0.1) is 11.8 Å². The number of aromatic nitrogens is 2. The van der Waals surface area contributed by atoms with E-state index in [1.807, 2.05) is 0 Å². The maximum atomic E-state index is 9.20. The third kappa shape index (κ3) is 2.38. The fourth-order valence-electron chi connectivity index (χ4n) is 2.84. The van der Waals surface area contributed by atoms with Crippen molar-refractivity contribution in [2.24, 2.45) is 5.92 Å². The average molecular weight is 236 g/mol. The van der Waals surface area contributed by atoms with Crippen LogP contribution in [0.5, 0.6) is 0 Å². The average Bonchev–Trinajstić information content (AvgIpc) is 2.96. The molecule has 0 radical (unpaired) electrons. The summed E-state index contributed by atoms with van der Waals surface area (Å²) >= 11 is 0. The van der Waals surface area contributed by atoms with Crippen molar-refractivity contribution in [1.29, 1.82) is 0 Å². The number of rotatable bonds is 3. The second kappa shape index (κ2) is 4.78. The van der Waals surface area contributed by atoms with Gasteiger partial charge in [0.15, 0.2) is 0 Å². The van der Waals surface area contributed by atoms with E-state index in [0.717, 1.165) is 43.9 Å². The lowest BCUT2D eigenvalue weighted by Crippen LogP contribution is -2.21. The van der Waals surface area contributed by atoms with E-state index in [9.17, 15) is 5.11 Å². The van der Waals surface area contributed by atoms with Gasteiger partial charge in [-0.15, -0.1) is 0 Å². The molecular formula is C13H20N2O2. The molecule has 94 valence electrons. The molecular weight excluding hydrogens is 216 g/mol. The Morgan fingerprint density at radius 3 is 3.18 bits per heavy atom. The number of aliphatic hydroxyl groups excluding tert-OH is 1. The highest BCUT2D eigenvalue weighted by atomic mass is 16.5. The summed E-state index contributed by atoms with van der Waals surface area (Å²) in [5.74, 6) is 1.55. The molecule has 1 aromatic rings. The molecule has 1 fully saturated rings. The van der Waals surface area contributed by atoms with E-state index in [-0.39, 0.29) is 6.61 Å². The normalized spacial score (nSPS) is 28.3. The summed E-state index contributed by atoms with van der Waals surface area (Å²) in [7, 11) is 0. The molecule has 0 bridgehead atoms. The lowest BCUT2D eigenvalue weighted by Gasteiger charge is -2.20. The lowest BCUT2D eigenvalue weighted by molar-refractivity contribution is 0.110. The van der Waals surface area contributed by atoms with Gasteiger partial charge in [-0.3, -0.25) is 0 Å². The summed E-state index contributed by atoms with van der Waals surface area (Å²) in [6.07, 6.45) is 7.84. The van der Waals surface area contributed by atoms with E-state index < -0.39 is 0 Å². The van der Waals surface area contributed by atoms with Gasteiger partial charge in [0.1, 0.15) is 5.82 Å². The Morgan fingerprint density at radius 1 is 1.47 bits per heavy atom. The van der Waals surface area contributed by atoms with E-state index in [0.29, 0.717) is 12.0 Å².